The minimum atomic E-state index is -1.16. The lowest BCUT2D eigenvalue weighted by Gasteiger charge is -2.29. The van der Waals surface area contributed by atoms with Gasteiger partial charge in [-0.05, 0) is 47.1 Å². The molecule has 0 saturated carbocycles. The van der Waals surface area contributed by atoms with Gasteiger partial charge in [-0.15, -0.1) is 0 Å². The van der Waals surface area contributed by atoms with Crippen LogP contribution in [0, 0.1) is 18.7 Å². The molecule has 0 unspecified atom stereocenters. The van der Waals surface area contributed by atoms with Gasteiger partial charge in [0.05, 0.1) is 28.6 Å². The summed E-state index contributed by atoms with van der Waals surface area (Å²) in [7, 11) is 0. The normalized spacial score (nSPS) is 13.3. The summed E-state index contributed by atoms with van der Waals surface area (Å²) in [5.41, 5.74) is 0.382. The first-order valence-electron chi connectivity index (χ1n) is 10.3. The lowest BCUT2D eigenvalue weighted by atomic mass is 9.89. The number of rotatable bonds is 6. The van der Waals surface area contributed by atoms with E-state index in [0.717, 1.165) is 0 Å². The van der Waals surface area contributed by atoms with Crippen molar-refractivity contribution >= 4 is 35.3 Å². The highest BCUT2D eigenvalue weighted by atomic mass is 35.5. The third kappa shape index (κ3) is 5.93. The lowest BCUT2D eigenvalue weighted by molar-refractivity contribution is -0.148. The average molecular weight is 484 g/mol. The van der Waals surface area contributed by atoms with Crippen LogP contribution in [-0.4, -0.2) is 24.3 Å². The highest BCUT2D eigenvalue weighted by molar-refractivity contribution is 6.40. The predicted octanol–water partition coefficient (Wildman–Crippen LogP) is 6.87. The molecule has 0 heterocycles. The first-order chi connectivity index (χ1) is 14.9. The first-order valence-corrected chi connectivity index (χ1v) is 11.0. The second-order valence-corrected chi connectivity index (χ2v) is 9.14. The highest BCUT2D eigenvalue weighted by Gasteiger charge is 2.35. The van der Waals surface area contributed by atoms with Crippen LogP contribution in [0.4, 0.5) is 9.18 Å². The van der Waals surface area contributed by atoms with E-state index in [-0.39, 0.29) is 27.8 Å². The smallest absolute Gasteiger partial charge is 0.408 e. The molecular weight excluding hydrogens is 456 g/mol. The Morgan fingerprint density at radius 2 is 1.72 bits per heavy atom. The highest BCUT2D eigenvalue weighted by Crippen LogP contribution is 2.44. The summed E-state index contributed by atoms with van der Waals surface area (Å²) in [5, 5.41) is 2.76. The van der Waals surface area contributed by atoms with Gasteiger partial charge in [0.1, 0.15) is 11.4 Å². The second kappa shape index (κ2) is 10.5. The fourth-order valence-corrected chi connectivity index (χ4v) is 3.98. The van der Waals surface area contributed by atoms with Crippen LogP contribution >= 0.6 is 23.2 Å². The minimum absolute atomic E-state index is 0.00140. The molecule has 0 saturated heterocycles. The molecule has 174 valence electrons. The summed E-state index contributed by atoms with van der Waals surface area (Å²) >= 11 is 13.2. The third-order valence-electron chi connectivity index (χ3n) is 4.77. The Morgan fingerprint density at radius 3 is 2.25 bits per heavy atom. The maximum Gasteiger partial charge on any atom is 0.408 e. The van der Waals surface area contributed by atoms with E-state index >= 15 is 4.39 Å². The molecule has 1 amide bonds. The van der Waals surface area contributed by atoms with Crippen molar-refractivity contribution in [3.8, 4) is 11.1 Å². The van der Waals surface area contributed by atoms with Crippen molar-refractivity contribution < 1.29 is 23.5 Å². The van der Waals surface area contributed by atoms with Gasteiger partial charge in [-0.1, -0.05) is 53.5 Å². The molecular formula is C24H28Cl2FNO4. The van der Waals surface area contributed by atoms with Crippen LogP contribution in [0.25, 0.3) is 11.1 Å². The molecule has 2 atom stereocenters. The number of hydrogen-bond donors (Lipinski definition) is 1. The predicted molar refractivity (Wildman–Crippen MR) is 125 cm³/mol. The SMILES string of the molecule is CCOC(=O)[C@@H](C)[C@H](NC(=O)OC(C)(C)C)c1c(F)c(C)c(Cl)c(-c2ccccc2)c1Cl. The average Bonchev–Trinajstić information content (AvgIpc) is 2.70. The second-order valence-electron chi connectivity index (χ2n) is 8.39. The zero-order valence-corrected chi connectivity index (χ0v) is 20.5. The summed E-state index contributed by atoms with van der Waals surface area (Å²) < 4.78 is 26.0. The molecule has 5 nitrogen and oxygen atoms in total. The maximum atomic E-state index is 15.6. The van der Waals surface area contributed by atoms with E-state index in [9.17, 15) is 9.59 Å². The van der Waals surface area contributed by atoms with Gasteiger partial charge in [0.25, 0.3) is 0 Å². The van der Waals surface area contributed by atoms with Crippen LogP contribution in [-0.2, 0) is 14.3 Å². The number of nitrogens with one attached hydrogen (secondary N) is 1. The van der Waals surface area contributed by atoms with Gasteiger partial charge >= 0.3 is 12.1 Å². The topological polar surface area (TPSA) is 64.6 Å². The summed E-state index contributed by atoms with van der Waals surface area (Å²) in [6.07, 6.45) is -0.817. The molecule has 2 aromatic rings. The van der Waals surface area contributed by atoms with Crippen LogP contribution in [0.2, 0.25) is 10.0 Å². The standard InChI is InChI=1S/C24H28Cl2FNO4/c1-7-31-22(29)14(3)21(28-23(30)32-24(4,5)6)17-19(26)16(15-11-9-8-10-12-15)18(25)13(2)20(17)27/h8-12,14,21H,7H2,1-6H3,(H,28,30)/t14-,21-/m0/s1. The number of alkyl carbamates (subject to hydrolysis) is 1. The first kappa shape index (κ1) is 25.9. The molecule has 1 N–H and O–H groups in total. The van der Waals surface area contributed by atoms with Crippen LogP contribution in [0.1, 0.15) is 51.8 Å². The zero-order chi connectivity index (χ0) is 24.2. The Balaban J connectivity index is 2.70. The Bertz CT molecular complexity index is 990. The molecule has 32 heavy (non-hydrogen) atoms. The van der Waals surface area contributed by atoms with Crippen molar-refractivity contribution in [3.63, 3.8) is 0 Å². The molecule has 0 aliphatic heterocycles. The van der Waals surface area contributed by atoms with Gasteiger partial charge in [0, 0.05) is 16.7 Å². The summed E-state index contributed by atoms with van der Waals surface area (Å²) in [4.78, 5) is 25.1. The number of carbonyl (C=O) groups excluding carboxylic acids is 2. The molecule has 0 bridgehead atoms. The minimum Gasteiger partial charge on any atom is -0.466 e. The van der Waals surface area contributed by atoms with E-state index in [2.05, 4.69) is 5.32 Å². The molecule has 0 spiro atoms. The molecule has 0 radical (unpaired) electrons. The van der Waals surface area contributed by atoms with E-state index < -0.39 is 35.4 Å². The van der Waals surface area contributed by atoms with Gasteiger partial charge in [0.2, 0.25) is 0 Å². The Labute approximate surface area is 198 Å². The molecule has 0 aliphatic carbocycles. The van der Waals surface area contributed by atoms with E-state index in [1.54, 1.807) is 52.0 Å². The number of amides is 1. The van der Waals surface area contributed by atoms with Crippen LogP contribution in [0.5, 0.6) is 0 Å². The van der Waals surface area contributed by atoms with Crippen molar-refractivity contribution in [2.24, 2.45) is 5.92 Å². The van der Waals surface area contributed by atoms with Gasteiger partial charge in [-0.25, -0.2) is 9.18 Å². The summed E-state index contributed by atoms with van der Waals surface area (Å²) in [5.74, 6) is -2.28. The number of ether oxygens (including phenoxy) is 2. The number of carbonyl (C=O) groups is 2. The number of hydrogen-bond acceptors (Lipinski definition) is 4. The number of halogens is 3. The lowest BCUT2D eigenvalue weighted by Crippen LogP contribution is -2.40. The van der Waals surface area contributed by atoms with E-state index in [1.165, 1.54) is 13.8 Å². The molecule has 0 aliphatic rings. The maximum absolute atomic E-state index is 15.6. The quantitative estimate of drug-likeness (QED) is 0.455. The molecule has 2 rings (SSSR count). The van der Waals surface area contributed by atoms with Crippen LogP contribution in [0.3, 0.4) is 0 Å². The molecule has 0 aromatic heterocycles. The summed E-state index contributed by atoms with van der Waals surface area (Å²) in [6, 6.07) is 7.86. The zero-order valence-electron chi connectivity index (χ0n) is 19.0. The Morgan fingerprint density at radius 1 is 1.12 bits per heavy atom. The number of esters is 1. The van der Waals surface area contributed by atoms with Gasteiger partial charge in [0.15, 0.2) is 0 Å². The van der Waals surface area contributed by atoms with E-state index in [0.29, 0.717) is 11.1 Å². The van der Waals surface area contributed by atoms with E-state index in [4.69, 9.17) is 32.7 Å². The fourth-order valence-electron chi connectivity index (χ4n) is 3.24. The van der Waals surface area contributed by atoms with Crippen LogP contribution in [0.15, 0.2) is 30.3 Å². The third-order valence-corrected chi connectivity index (χ3v) is 5.64. The largest absolute Gasteiger partial charge is 0.466 e. The van der Waals surface area contributed by atoms with Gasteiger partial charge in [-0.3, -0.25) is 4.79 Å². The van der Waals surface area contributed by atoms with Gasteiger partial charge < -0.3 is 14.8 Å². The monoisotopic (exact) mass is 483 g/mol. The Kier molecular flexibility index (Phi) is 8.54. The van der Waals surface area contributed by atoms with Gasteiger partial charge in [-0.2, -0.15) is 0 Å². The molecule has 2 aromatic carbocycles. The fraction of sp³-hybridized carbons (Fsp3) is 0.417. The molecule has 0 fully saturated rings. The van der Waals surface area contributed by atoms with Crippen LogP contribution < -0.4 is 5.32 Å². The van der Waals surface area contributed by atoms with E-state index in [1.807, 2.05) is 6.07 Å². The van der Waals surface area contributed by atoms with Crippen molar-refractivity contribution in [2.75, 3.05) is 6.61 Å². The number of benzene rings is 2. The molecule has 8 heteroatoms. The Hall–Kier alpha value is -2.31. The van der Waals surface area contributed by atoms with Crippen molar-refractivity contribution in [1.82, 2.24) is 5.32 Å². The van der Waals surface area contributed by atoms with Crippen molar-refractivity contribution in [2.45, 2.75) is 53.2 Å². The van der Waals surface area contributed by atoms with Crippen molar-refractivity contribution in [3.05, 3.63) is 57.3 Å². The van der Waals surface area contributed by atoms with Crippen molar-refractivity contribution in [1.29, 1.82) is 0 Å². The summed E-state index contributed by atoms with van der Waals surface area (Å²) in [6.45, 7) is 9.94.